The van der Waals surface area contributed by atoms with Crippen molar-refractivity contribution in [3.05, 3.63) is 81.9 Å². The first-order valence-corrected chi connectivity index (χ1v) is 10.2. The lowest BCUT2D eigenvalue weighted by Crippen LogP contribution is -2.34. The molecule has 4 rings (SSSR count). The van der Waals surface area contributed by atoms with Gasteiger partial charge in [0.15, 0.2) is 16.4 Å². The van der Waals surface area contributed by atoms with Crippen molar-refractivity contribution in [2.75, 3.05) is 12.4 Å². The normalized spacial score (nSPS) is 10.6. The van der Waals surface area contributed by atoms with E-state index in [1.807, 2.05) is 49.4 Å². The van der Waals surface area contributed by atoms with Gasteiger partial charge in [0.2, 0.25) is 5.89 Å². The van der Waals surface area contributed by atoms with Crippen molar-refractivity contribution in [3.63, 3.8) is 0 Å². The van der Waals surface area contributed by atoms with Crippen molar-refractivity contribution < 1.29 is 18.9 Å². The average molecular weight is 462 g/mol. The van der Waals surface area contributed by atoms with Crippen molar-refractivity contribution in [1.29, 1.82) is 0 Å². The lowest BCUT2D eigenvalue weighted by Gasteiger charge is -2.13. The number of fused-ring (bicyclic) bond motifs is 1. The number of rotatable bonds is 5. The second kappa shape index (κ2) is 9.05. The molecular weight excluding hydrogens is 444 g/mol. The Labute approximate surface area is 193 Å². The average Bonchev–Trinajstić information content (AvgIpc) is 3.24. The molecule has 0 saturated carbocycles. The van der Waals surface area contributed by atoms with Crippen molar-refractivity contribution in [2.45, 2.75) is 6.92 Å². The van der Waals surface area contributed by atoms with Crippen LogP contribution in [0.15, 0.2) is 65.1 Å². The van der Waals surface area contributed by atoms with Crippen LogP contribution in [0.1, 0.15) is 15.9 Å². The molecule has 3 aromatic carbocycles. The predicted octanol–water partition coefficient (Wildman–Crippen LogP) is 4.85. The lowest BCUT2D eigenvalue weighted by molar-refractivity contribution is -0.385. The largest absolute Gasteiger partial charge is 0.490 e. The molecule has 0 spiro atoms. The van der Waals surface area contributed by atoms with Crippen LogP contribution in [0.4, 0.5) is 11.4 Å². The number of aromatic nitrogens is 1. The van der Waals surface area contributed by atoms with Crippen LogP contribution >= 0.6 is 12.2 Å². The Kier molecular flexibility index (Phi) is 6.01. The summed E-state index contributed by atoms with van der Waals surface area (Å²) in [6, 6.07) is 16.9. The lowest BCUT2D eigenvalue weighted by atomic mass is 10.1. The van der Waals surface area contributed by atoms with Crippen LogP contribution in [0, 0.1) is 17.0 Å². The fourth-order valence-corrected chi connectivity index (χ4v) is 3.39. The summed E-state index contributed by atoms with van der Waals surface area (Å²) in [5.41, 5.74) is 3.46. The highest BCUT2D eigenvalue weighted by atomic mass is 32.1. The Hall–Kier alpha value is -4.31. The number of methoxy groups -OCH3 is 1. The topological polar surface area (TPSA) is 120 Å². The zero-order chi connectivity index (χ0) is 23.5. The monoisotopic (exact) mass is 462 g/mol. The number of nitro benzene ring substituents is 1. The Morgan fingerprint density at radius 3 is 2.67 bits per heavy atom. The number of hydrogen-bond donors (Lipinski definition) is 2. The van der Waals surface area contributed by atoms with Crippen LogP contribution in [0.25, 0.3) is 22.6 Å². The zero-order valence-electron chi connectivity index (χ0n) is 17.6. The molecule has 0 aliphatic rings. The van der Waals surface area contributed by atoms with Gasteiger partial charge in [-0.1, -0.05) is 18.2 Å². The van der Waals surface area contributed by atoms with Crippen molar-refractivity contribution in [1.82, 2.24) is 10.3 Å². The Morgan fingerprint density at radius 2 is 1.94 bits per heavy atom. The van der Waals surface area contributed by atoms with Crippen LogP contribution in [0.3, 0.4) is 0 Å². The smallest absolute Gasteiger partial charge is 0.311 e. The molecule has 0 bridgehead atoms. The summed E-state index contributed by atoms with van der Waals surface area (Å²) in [4.78, 5) is 27.6. The molecule has 2 N–H and O–H groups in total. The van der Waals surface area contributed by atoms with E-state index in [9.17, 15) is 14.9 Å². The second-order valence-electron chi connectivity index (χ2n) is 7.07. The summed E-state index contributed by atoms with van der Waals surface area (Å²) in [6.07, 6.45) is 0. The molecule has 4 aromatic rings. The number of benzene rings is 3. The molecule has 0 unspecified atom stereocenters. The Balaban J connectivity index is 1.51. The Morgan fingerprint density at radius 1 is 1.15 bits per heavy atom. The quantitative estimate of drug-likeness (QED) is 0.245. The number of thiocarbonyl (C=S) groups is 1. The number of para-hydroxylation sites is 2. The van der Waals surface area contributed by atoms with Gasteiger partial charge in [0, 0.05) is 22.9 Å². The predicted molar refractivity (Wildman–Crippen MR) is 128 cm³/mol. The van der Waals surface area contributed by atoms with Crippen LogP contribution in [-0.4, -0.2) is 28.0 Å². The molecule has 0 aliphatic heterocycles. The first-order valence-electron chi connectivity index (χ1n) is 9.77. The van der Waals surface area contributed by atoms with Gasteiger partial charge in [-0.2, -0.15) is 0 Å². The highest BCUT2D eigenvalue weighted by Crippen LogP contribution is 2.29. The molecule has 10 heteroatoms. The van der Waals surface area contributed by atoms with E-state index < -0.39 is 10.8 Å². The maximum atomic E-state index is 12.6. The molecule has 0 fully saturated rings. The summed E-state index contributed by atoms with van der Waals surface area (Å²) in [5.74, 6) is -0.0744. The highest BCUT2D eigenvalue weighted by Gasteiger charge is 2.19. The highest BCUT2D eigenvalue weighted by molar-refractivity contribution is 7.80. The fraction of sp³-hybridized carbons (Fsp3) is 0.0870. The first-order chi connectivity index (χ1) is 15.9. The third-order valence-corrected chi connectivity index (χ3v) is 5.10. The number of anilines is 1. The number of hydrogen-bond acceptors (Lipinski definition) is 7. The van der Waals surface area contributed by atoms with E-state index in [-0.39, 0.29) is 22.1 Å². The second-order valence-corrected chi connectivity index (χ2v) is 7.48. The van der Waals surface area contributed by atoms with Gasteiger partial charge >= 0.3 is 5.69 Å². The maximum Gasteiger partial charge on any atom is 0.311 e. The SMILES string of the molecule is COc1ccc(C(=O)NC(=S)Nc2cc(-c3nc4ccccc4o3)ccc2C)cc1[N+](=O)[O-]. The van der Waals surface area contributed by atoms with Crippen LogP contribution in [0.2, 0.25) is 0 Å². The van der Waals surface area contributed by atoms with Crippen molar-refractivity contribution in [3.8, 4) is 17.2 Å². The van der Waals surface area contributed by atoms with Gasteiger partial charge in [0.25, 0.3) is 5.91 Å². The van der Waals surface area contributed by atoms with Crippen molar-refractivity contribution >= 4 is 45.7 Å². The molecular formula is C23H18N4O5S. The Bertz CT molecular complexity index is 1370. The van der Waals surface area contributed by atoms with E-state index in [1.54, 1.807) is 0 Å². The first kappa shape index (κ1) is 21.9. The van der Waals surface area contributed by atoms with Crippen LogP contribution in [0.5, 0.6) is 5.75 Å². The number of aryl methyl sites for hydroxylation is 1. The summed E-state index contributed by atoms with van der Waals surface area (Å²) >= 11 is 5.28. The standard InChI is InChI=1S/C23H18N4O5S/c1-13-7-8-15(22-24-16-5-3-4-6-19(16)32-22)11-17(13)25-23(33)26-21(28)14-9-10-20(31-2)18(12-14)27(29)30/h3-12H,1-2H3,(H2,25,26,28,33). The van der Waals surface area contributed by atoms with E-state index in [4.69, 9.17) is 21.4 Å². The van der Waals surface area contributed by atoms with Gasteiger partial charge in [-0.05, 0) is 61.1 Å². The maximum absolute atomic E-state index is 12.6. The third-order valence-electron chi connectivity index (χ3n) is 4.89. The molecule has 1 aromatic heterocycles. The molecule has 1 amide bonds. The zero-order valence-corrected chi connectivity index (χ0v) is 18.4. The molecule has 1 heterocycles. The number of nitrogens with one attached hydrogen (secondary N) is 2. The number of amides is 1. The number of nitro groups is 1. The minimum Gasteiger partial charge on any atom is -0.490 e. The van der Waals surface area contributed by atoms with E-state index in [0.717, 1.165) is 22.7 Å². The number of oxazole rings is 1. The molecule has 0 radical (unpaired) electrons. The van der Waals surface area contributed by atoms with Gasteiger partial charge in [-0.25, -0.2) is 4.98 Å². The molecule has 33 heavy (non-hydrogen) atoms. The summed E-state index contributed by atoms with van der Waals surface area (Å²) < 4.78 is 10.8. The summed E-state index contributed by atoms with van der Waals surface area (Å²) in [7, 11) is 1.32. The molecule has 9 nitrogen and oxygen atoms in total. The number of ether oxygens (including phenoxy) is 1. The summed E-state index contributed by atoms with van der Waals surface area (Å²) in [5, 5.41) is 16.8. The molecule has 0 aliphatic carbocycles. The number of carbonyl (C=O) groups is 1. The third kappa shape index (κ3) is 4.65. The minimum atomic E-state index is -0.618. The fourth-order valence-electron chi connectivity index (χ4n) is 3.19. The van der Waals surface area contributed by atoms with Crippen LogP contribution in [-0.2, 0) is 0 Å². The van der Waals surface area contributed by atoms with Gasteiger partial charge in [-0.15, -0.1) is 0 Å². The van der Waals surface area contributed by atoms with E-state index in [2.05, 4.69) is 15.6 Å². The van der Waals surface area contributed by atoms with Crippen LogP contribution < -0.4 is 15.4 Å². The number of carbonyl (C=O) groups excluding carboxylic acids is 1. The molecule has 166 valence electrons. The molecule has 0 atom stereocenters. The number of nitrogens with zero attached hydrogens (tertiary/aromatic N) is 2. The summed E-state index contributed by atoms with van der Waals surface area (Å²) in [6.45, 7) is 1.88. The van der Waals surface area contributed by atoms with E-state index in [0.29, 0.717) is 17.2 Å². The molecule has 0 saturated heterocycles. The van der Waals surface area contributed by atoms with E-state index in [1.165, 1.54) is 19.2 Å². The van der Waals surface area contributed by atoms with Gasteiger partial charge in [0.1, 0.15) is 5.52 Å². The van der Waals surface area contributed by atoms with Crippen molar-refractivity contribution in [2.24, 2.45) is 0 Å². The van der Waals surface area contributed by atoms with Gasteiger partial charge < -0.3 is 14.5 Å². The van der Waals surface area contributed by atoms with Gasteiger partial charge in [-0.3, -0.25) is 20.2 Å². The van der Waals surface area contributed by atoms with Gasteiger partial charge in [0.05, 0.1) is 12.0 Å². The van der Waals surface area contributed by atoms with E-state index >= 15 is 0 Å². The minimum absolute atomic E-state index is 0.0382.